The maximum absolute atomic E-state index is 13.0. The van der Waals surface area contributed by atoms with Gasteiger partial charge in [0.2, 0.25) is 10.0 Å². The van der Waals surface area contributed by atoms with Crippen LogP contribution < -0.4 is 9.47 Å². The first kappa shape index (κ1) is 22.6. The van der Waals surface area contributed by atoms with E-state index in [4.69, 9.17) is 14.2 Å². The molecule has 0 spiro atoms. The van der Waals surface area contributed by atoms with Gasteiger partial charge in [-0.25, -0.2) is 8.42 Å². The van der Waals surface area contributed by atoms with Crippen LogP contribution >= 0.6 is 0 Å². The van der Waals surface area contributed by atoms with Crippen molar-refractivity contribution in [3.63, 3.8) is 0 Å². The van der Waals surface area contributed by atoms with E-state index in [1.165, 1.54) is 16.4 Å². The summed E-state index contributed by atoms with van der Waals surface area (Å²) in [6, 6.07) is 13.5. The summed E-state index contributed by atoms with van der Waals surface area (Å²) in [6.45, 7) is 5.02. The first-order valence-corrected chi connectivity index (χ1v) is 12.1. The van der Waals surface area contributed by atoms with Gasteiger partial charge in [0.05, 0.1) is 23.6 Å². The minimum Gasteiger partial charge on any atom is -0.486 e. The zero-order valence-corrected chi connectivity index (χ0v) is 19.2. The van der Waals surface area contributed by atoms with Gasteiger partial charge in [-0.15, -0.1) is 0 Å². The Kier molecular flexibility index (Phi) is 6.41. The Labute approximate surface area is 188 Å². The Hall–Kier alpha value is -2.62. The molecule has 8 nitrogen and oxygen atoms in total. The summed E-state index contributed by atoms with van der Waals surface area (Å²) >= 11 is 0. The molecule has 0 aliphatic carbocycles. The molecule has 1 saturated heterocycles. The molecule has 3 unspecified atom stereocenters. The number of benzene rings is 2. The molecular weight excluding hydrogens is 432 g/mol. The van der Waals surface area contributed by atoms with E-state index in [1.807, 2.05) is 38.1 Å². The van der Waals surface area contributed by atoms with Gasteiger partial charge in [0.25, 0.3) is 5.91 Å². The molecule has 0 radical (unpaired) electrons. The highest BCUT2D eigenvalue weighted by Crippen LogP contribution is 2.31. The molecular formula is C23H28N2O6S. The Morgan fingerprint density at radius 1 is 1.03 bits per heavy atom. The molecule has 1 fully saturated rings. The van der Waals surface area contributed by atoms with Crippen molar-refractivity contribution in [2.75, 3.05) is 33.3 Å². The van der Waals surface area contributed by atoms with E-state index in [0.717, 1.165) is 0 Å². The van der Waals surface area contributed by atoms with E-state index < -0.39 is 10.0 Å². The maximum Gasteiger partial charge on any atom is 0.253 e. The summed E-state index contributed by atoms with van der Waals surface area (Å²) in [5, 5.41) is 0. The zero-order chi connectivity index (χ0) is 22.9. The lowest BCUT2D eigenvalue weighted by molar-refractivity contribution is -0.0440. The van der Waals surface area contributed by atoms with Crippen LogP contribution in [0.25, 0.3) is 0 Å². The van der Waals surface area contributed by atoms with Gasteiger partial charge in [0.15, 0.2) is 17.6 Å². The number of ether oxygens (including phenoxy) is 3. The fourth-order valence-corrected chi connectivity index (χ4v) is 5.60. The van der Waals surface area contributed by atoms with Crippen LogP contribution in [-0.4, -0.2) is 75.1 Å². The Balaban J connectivity index is 1.40. The van der Waals surface area contributed by atoms with Crippen LogP contribution in [0.3, 0.4) is 0 Å². The smallest absolute Gasteiger partial charge is 0.253 e. The summed E-state index contributed by atoms with van der Waals surface area (Å²) in [5.74, 6) is 1.13. The number of carbonyl (C=O) groups is 1. The van der Waals surface area contributed by atoms with Crippen LogP contribution in [-0.2, 0) is 14.8 Å². The summed E-state index contributed by atoms with van der Waals surface area (Å²) < 4.78 is 44.7. The molecule has 2 aliphatic rings. The molecule has 3 atom stereocenters. The third-order valence-corrected chi connectivity index (χ3v) is 7.36. The van der Waals surface area contributed by atoms with Gasteiger partial charge in [-0.1, -0.05) is 12.1 Å². The zero-order valence-electron chi connectivity index (χ0n) is 18.4. The summed E-state index contributed by atoms with van der Waals surface area (Å²) in [7, 11) is -1.96. The second kappa shape index (κ2) is 9.09. The highest BCUT2D eigenvalue weighted by Gasteiger charge is 2.32. The normalized spacial score (nSPS) is 23.5. The molecule has 0 saturated carbocycles. The van der Waals surface area contributed by atoms with Gasteiger partial charge in [-0.3, -0.25) is 4.79 Å². The van der Waals surface area contributed by atoms with Crippen LogP contribution in [0.1, 0.15) is 24.2 Å². The first-order valence-electron chi connectivity index (χ1n) is 10.6. The van der Waals surface area contributed by atoms with Gasteiger partial charge < -0.3 is 19.1 Å². The van der Waals surface area contributed by atoms with E-state index in [2.05, 4.69) is 0 Å². The van der Waals surface area contributed by atoms with Crippen molar-refractivity contribution in [2.24, 2.45) is 0 Å². The number of para-hydroxylation sites is 2. The van der Waals surface area contributed by atoms with Crippen molar-refractivity contribution in [2.45, 2.75) is 37.1 Å². The average molecular weight is 461 g/mol. The lowest BCUT2D eigenvalue weighted by atomic mass is 10.2. The number of hydrogen-bond acceptors (Lipinski definition) is 6. The van der Waals surface area contributed by atoms with Crippen molar-refractivity contribution in [3.8, 4) is 11.5 Å². The number of hydrogen-bond donors (Lipinski definition) is 0. The first-order chi connectivity index (χ1) is 15.2. The van der Waals surface area contributed by atoms with Crippen molar-refractivity contribution in [3.05, 3.63) is 54.1 Å². The van der Waals surface area contributed by atoms with Crippen LogP contribution in [0.5, 0.6) is 11.5 Å². The predicted octanol–water partition coefficient (Wildman–Crippen LogP) is 2.40. The van der Waals surface area contributed by atoms with Gasteiger partial charge >= 0.3 is 0 Å². The van der Waals surface area contributed by atoms with Gasteiger partial charge in [-0.05, 0) is 50.2 Å². The second-order valence-electron chi connectivity index (χ2n) is 8.29. The third-order valence-electron chi connectivity index (χ3n) is 5.52. The van der Waals surface area contributed by atoms with E-state index in [1.54, 1.807) is 24.1 Å². The maximum atomic E-state index is 13.0. The fourth-order valence-electron chi connectivity index (χ4n) is 4.01. The van der Waals surface area contributed by atoms with Gasteiger partial charge in [0.1, 0.15) is 6.61 Å². The van der Waals surface area contributed by atoms with Crippen LogP contribution in [0.2, 0.25) is 0 Å². The molecule has 2 aliphatic heterocycles. The van der Waals surface area contributed by atoms with Crippen molar-refractivity contribution in [1.82, 2.24) is 9.21 Å². The molecule has 0 aromatic heterocycles. The molecule has 172 valence electrons. The molecule has 4 rings (SSSR count). The minimum atomic E-state index is -3.65. The predicted molar refractivity (Wildman–Crippen MR) is 119 cm³/mol. The van der Waals surface area contributed by atoms with Crippen molar-refractivity contribution < 1.29 is 27.4 Å². The molecule has 2 aromatic carbocycles. The quantitative estimate of drug-likeness (QED) is 0.681. The van der Waals surface area contributed by atoms with E-state index in [0.29, 0.717) is 43.3 Å². The summed E-state index contributed by atoms with van der Waals surface area (Å²) in [6.07, 6.45) is -0.620. The van der Waals surface area contributed by atoms with Gasteiger partial charge in [-0.2, -0.15) is 4.31 Å². The number of sulfonamides is 1. The molecule has 0 bridgehead atoms. The Bertz CT molecular complexity index is 1060. The summed E-state index contributed by atoms with van der Waals surface area (Å²) in [4.78, 5) is 14.6. The molecule has 1 amide bonds. The number of nitrogens with zero attached hydrogens (tertiary/aromatic N) is 2. The van der Waals surface area contributed by atoms with Crippen LogP contribution in [0.4, 0.5) is 0 Å². The van der Waals surface area contributed by atoms with Crippen LogP contribution in [0, 0.1) is 0 Å². The number of carbonyl (C=O) groups excluding carboxylic acids is 1. The SMILES string of the molecule is CC1CN(S(=O)(=O)c2ccc(C(=O)N(C)CC3COc4ccccc4O3)cc2)CC(C)O1. The van der Waals surface area contributed by atoms with Gasteiger partial charge in [0, 0.05) is 25.7 Å². The van der Waals surface area contributed by atoms with Crippen molar-refractivity contribution >= 4 is 15.9 Å². The number of likely N-dealkylation sites (N-methyl/N-ethyl adjacent to an activating group) is 1. The van der Waals surface area contributed by atoms with E-state index in [-0.39, 0.29) is 29.1 Å². The minimum absolute atomic E-state index is 0.165. The number of rotatable bonds is 5. The highest BCUT2D eigenvalue weighted by molar-refractivity contribution is 7.89. The molecule has 0 N–H and O–H groups in total. The van der Waals surface area contributed by atoms with E-state index in [9.17, 15) is 13.2 Å². The fraction of sp³-hybridized carbons (Fsp3) is 0.435. The van der Waals surface area contributed by atoms with Crippen LogP contribution in [0.15, 0.2) is 53.4 Å². The number of fused-ring (bicyclic) bond motifs is 1. The molecule has 2 heterocycles. The average Bonchev–Trinajstić information content (AvgIpc) is 2.78. The lowest BCUT2D eigenvalue weighted by Gasteiger charge is -2.34. The largest absolute Gasteiger partial charge is 0.486 e. The van der Waals surface area contributed by atoms with Crippen molar-refractivity contribution in [1.29, 1.82) is 0 Å². The molecule has 32 heavy (non-hydrogen) atoms. The number of amides is 1. The second-order valence-corrected chi connectivity index (χ2v) is 10.2. The molecule has 2 aromatic rings. The Morgan fingerprint density at radius 2 is 1.66 bits per heavy atom. The third kappa shape index (κ3) is 4.74. The van der Waals surface area contributed by atoms with E-state index >= 15 is 0 Å². The Morgan fingerprint density at radius 3 is 2.31 bits per heavy atom. The molecule has 9 heteroatoms. The lowest BCUT2D eigenvalue weighted by Crippen LogP contribution is -2.48. The summed E-state index contributed by atoms with van der Waals surface area (Å²) in [5.41, 5.74) is 0.410. The highest BCUT2D eigenvalue weighted by atomic mass is 32.2. The monoisotopic (exact) mass is 460 g/mol. The standard InChI is InChI=1S/C23H28N2O6S/c1-16-12-25(13-17(2)30-16)32(27,28)20-10-8-18(9-11-20)23(26)24(3)14-19-15-29-21-6-4-5-7-22(21)31-19/h4-11,16-17,19H,12-15H2,1-3H3. The topological polar surface area (TPSA) is 85.4 Å². The number of morpholine rings is 1.